The molecular weight excluding hydrogens is 270 g/mol. The lowest BCUT2D eigenvalue weighted by atomic mass is 10.1. The van der Waals surface area contributed by atoms with Crippen molar-refractivity contribution in [2.24, 2.45) is 5.92 Å². The second kappa shape index (κ2) is 14.1. The Labute approximate surface area is 138 Å². The third kappa shape index (κ3) is 10.2. The number of carbonyl (C=O) groups is 1. The number of nitrogens with one attached hydrogen (secondary N) is 1. The molecule has 0 aromatic rings. The van der Waals surface area contributed by atoms with Crippen molar-refractivity contribution < 1.29 is 4.79 Å². The van der Waals surface area contributed by atoms with Crippen molar-refractivity contribution in [3.8, 4) is 0 Å². The van der Waals surface area contributed by atoms with Crippen LogP contribution in [-0.2, 0) is 4.79 Å². The van der Waals surface area contributed by atoms with E-state index < -0.39 is 0 Å². The van der Waals surface area contributed by atoms with E-state index in [-0.39, 0.29) is 0 Å². The molecule has 1 aliphatic carbocycles. The molecule has 0 saturated heterocycles. The Bertz CT molecular complexity index is 258. The summed E-state index contributed by atoms with van der Waals surface area (Å²) in [6.45, 7) is 3.17. The molecule has 0 bridgehead atoms. The van der Waals surface area contributed by atoms with Gasteiger partial charge in [-0.1, -0.05) is 90.4 Å². The van der Waals surface area contributed by atoms with Gasteiger partial charge in [-0.15, -0.1) is 0 Å². The van der Waals surface area contributed by atoms with Crippen LogP contribution in [0, 0.1) is 5.92 Å². The third-order valence-corrected chi connectivity index (χ3v) is 5.06. The Hall–Kier alpha value is -0.530. The molecule has 1 aliphatic rings. The predicted octanol–water partition coefficient (Wildman–Crippen LogP) is 5.99. The Kier molecular flexibility index (Phi) is 12.5. The van der Waals surface area contributed by atoms with E-state index in [0.29, 0.717) is 11.8 Å². The molecule has 0 radical (unpaired) electrons. The number of amides is 1. The standard InChI is InChI=1S/C20H39NO/c1-2-3-4-5-6-7-8-9-10-11-12-15-18-21-20(22)19-16-13-14-17-19/h19H,2-18H2,1H3,(H,21,22). The minimum Gasteiger partial charge on any atom is -0.356 e. The van der Waals surface area contributed by atoms with Gasteiger partial charge in [-0.3, -0.25) is 4.79 Å². The fourth-order valence-electron chi connectivity index (χ4n) is 3.51. The summed E-state index contributed by atoms with van der Waals surface area (Å²) in [6, 6.07) is 0. The van der Waals surface area contributed by atoms with Crippen molar-refractivity contribution in [3.05, 3.63) is 0 Å². The zero-order chi connectivity index (χ0) is 15.9. The lowest BCUT2D eigenvalue weighted by Crippen LogP contribution is -2.30. The average Bonchev–Trinajstić information content (AvgIpc) is 3.06. The van der Waals surface area contributed by atoms with Crippen molar-refractivity contribution in [3.63, 3.8) is 0 Å². The molecule has 1 fully saturated rings. The molecule has 0 atom stereocenters. The highest BCUT2D eigenvalue weighted by Crippen LogP contribution is 2.24. The summed E-state index contributed by atoms with van der Waals surface area (Å²) in [6.07, 6.45) is 21.2. The fraction of sp³-hybridized carbons (Fsp3) is 0.950. The van der Waals surface area contributed by atoms with Crippen LogP contribution in [0.2, 0.25) is 0 Å². The van der Waals surface area contributed by atoms with E-state index in [0.717, 1.165) is 25.8 Å². The summed E-state index contributed by atoms with van der Waals surface area (Å²) >= 11 is 0. The van der Waals surface area contributed by atoms with Gasteiger partial charge in [0.05, 0.1) is 0 Å². The molecule has 1 rings (SSSR count). The van der Waals surface area contributed by atoms with Gasteiger partial charge < -0.3 is 5.32 Å². The van der Waals surface area contributed by atoms with E-state index >= 15 is 0 Å². The topological polar surface area (TPSA) is 29.1 Å². The number of hydrogen-bond donors (Lipinski definition) is 1. The molecule has 2 heteroatoms. The van der Waals surface area contributed by atoms with Crippen LogP contribution in [0.5, 0.6) is 0 Å². The van der Waals surface area contributed by atoms with Gasteiger partial charge in [-0.25, -0.2) is 0 Å². The second-order valence-electron chi connectivity index (χ2n) is 7.16. The van der Waals surface area contributed by atoms with Crippen molar-refractivity contribution in [2.75, 3.05) is 6.54 Å². The molecule has 2 nitrogen and oxygen atoms in total. The monoisotopic (exact) mass is 309 g/mol. The maximum Gasteiger partial charge on any atom is 0.223 e. The first-order chi connectivity index (χ1) is 10.8. The molecule has 22 heavy (non-hydrogen) atoms. The first kappa shape index (κ1) is 19.5. The third-order valence-electron chi connectivity index (χ3n) is 5.06. The molecule has 1 N–H and O–H groups in total. The van der Waals surface area contributed by atoms with Gasteiger partial charge >= 0.3 is 0 Å². The summed E-state index contributed by atoms with van der Waals surface area (Å²) in [4.78, 5) is 11.8. The highest BCUT2D eigenvalue weighted by atomic mass is 16.1. The summed E-state index contributed by atoms with van der Waals surface area (Å²) in [7, 11) is 0. The highest BCUT2D eigenvalue weighted by molar-refractivity contribution is 5.78. The normalized spacial score (nSPS) is 15.3. The summed E-state index contributed by atoms with van der Waals surface area (Å²) in [5.74, 6) is 0.651. The molecule has 0 heterocycles. The van der Waals surface area contributed by atoms with Crippen LogP contribution in [0.3, 0.4) is 0 Å². The van der Waals surface area contributed by atoms with Crippen molar-refractivity contribution >= 4 is 5.91 Å². The predicted molar refractivity (Wildman–Crippen MR) is 96.0 cm³/mol. The van der Waals surface area contributed by atoms with Crippen molar-refractivity contribution in [2.45, 2.75) is 110 Å². The van der Waals surface area contributed by atoms with Gasteiger partial charge in [0.2, 0.25) is 5.91 Å². The zero-order valence-corrected chi connectivity index (χ0v) is 15.0. The molecule has 130 valence electrons. The summed E-state index contributed by atoms with van der Waals surface area (Å²) < 4.78 is 0. The lowest BCUT2D eigenvalue weighted by Gasteiger charge is -2.10. The molecular formula is C20H39NO. The van der Waals surface area contributed by atoms with E-state index in [1.54, 1.807) is 0 Å². The number of carbonyl (C=O) groups excluding carboxylic acids is 1. The maximum atomic E-state index is 11.8. The SMILES string of the molecule is CCCCCCCCCCCCCCNC(=O)C1CCCC1. The lowest BCUT2D eigenvalue weighted by molar-refractivity contribution is -0.124. The van der Waals surface area contributed by atoms with Crippen molar-refractivity contribution in [1.29, 1.82) is 0 Å². The van der Waals surface area contributed by atoms with Crippen LogP contribution in [0.4, 0.5) is 0 Å². The van der Waals surface area contributed by atoms with E-state index in [4.69, 9.17) is 0 Å². The molecule has 0 spiro atoms. The Morgan fingerprint density at radius 3 is 1.73 bits per heavy atom. The Balaban J connectivity index is 1.73. The first-order valence-electron chi connectivity index (χ1n) is 10.1. The second-order valence-corrected chi connectivity index (χ2v) is 7.16. The van der Waals surface area contributed by atoms with Crippen LogP contribution in [0.1, 0.15) is 110 Å². The molecule has 1 amide bonds. The Morgan fingerprint density at radius 1 is 0.773 bits per heavy atom. The minimum absolute atomic E-state index is 0.320. The Morgan fingerprint density at radius 2 is 1.23 bits per heavy atom. The van der Waals surface area contributed by atoms with Gasteiger partial charge in [0, 0.05) is 12.5 Å². The van der Waals surface area contributed by atoms with Crippen LogP contribution in [0.25, 0.3) is 0 Å². The van der Waals surface area contributed by atoms with Crippen LogP contribution >= 0.6 is 0 Å². The molecule has 0 aromatic carbocycles. The van der Waals surface area contributed by atoms with Gasteiger partial charge in [-0.2, -0.15) is 0 Å². The maximum absolute atomic E-state index is 11.8. The van der Waals surface area contributed by atoms with Crippen LogP contribution in [-0.4, -0.2) is 12.5 Å². The quantitative estimate of drug-likeness (QED) is 0.392. The van der Waals surface area contributed by atoms with E-state index in [1.807, 2.05) is 0 Å². The van der Waals surface area contributed by atoms with Gasteiger partial charge in [0.25, 0.3) is 0 Å². The largest absolute Gasteiger partial charge is 0.356 e. The molecule has 0 aromatic heterocycles. The zero-order valence-electron chi connectivity index (χ0n) is 15.0. The fourth-order valence-corrected chi connectivity index (χ4v) is 3.51. The van der Waals surface area contributed by atoms with Gasteiger partial charge in [0.15, 0.2) is 0 Å². The molecule has 0 unspecified atom stereocenters. The number of rotatable bonds is 14. The van der Waals surface area contributed by atoms with E-state index in [1.165, 1.54) is 83.5 Å². The van der Waals surface area contributed by atoms with Gasteiger partial charge in [-0.05, 0) is 19.3 Å². The van der Waals surface area contributed by atoms with Crippen molar-refractivity contribution in [1.82, 2.24) is 5.32 Å². The summed E-state index contributed by atoms with van der Waals surface area (Å²) in [5, 5.41) is 3.12. The number of hydrogen-bond acceptors (Lipinski definition) is 1. The average molecular weight is 310 g/mol. The minimum atomic E-state index is 0.320. The number of unbranched alkanes of at least 4 members (excludes halogenated alkanes) is 11. The summed E-state index contributed by atoms with van der Waals surface area (Å²) in [5.41, 5.74) is 0. The first-order valence-corrected chi connectivity index (χ1v) is 10.1. The van der Waals surface area contributed by atoms with E-state index in [9.17, 15) is 4.79 Å². The molecule has 0 aliphatic heterocycles. The molecule has 1 saturated carbocycles. The van der Waals surface area contributed by atoms with Crippen LogP contribution < -0.4 is 5.32 Å². The smallest absolute Gasteiger partial charge is 0.223 e. The van der Waals surface area contributed by atoms with E-state index in [2.05, 4.69) is 12.2 Å². The van der Waals surface area contributed by atoms with Gasteiger partial charge in [0.1, 0.15) is 0 Å². The van der Waals surface area contributed by atoms with Crippen LogP contribution in [0.15, 0.2) is 0 Å². The highest BCUT2D eigenvalue weighted by Gasteiger charge is 2.21.